The summed E-state index contributed by atoms with van der Waals surface area (Å²) in [4.78, 5) is 0. The third kappa shape index (κ3) is 1.83. The highest BCUT2D eigenvalue weighted by atomic mass is 16.3. The highest BCUT2D eigenvalue weighted by Crippen LogP contribution is 2.34. The van der Waals surface area contributed by atoms with E-state index in [1.165, 1.54) is 5.69 Å². The summed E-state index contributed by atoms with van der Waals surface area (Å²) >= 11 is 0. The topological polar surface area (TPSA) is 37.2 Å². The Morgan fingerprint density at radius 1 is 1.57 bits per heavy atom. The molecule has 1 aliphatic carbocycles. The molecular weight excluding hydrogens is 176 g/mol. The second-order valence-electron chi connectivity index (χ2n) is 4.08. The van der Waals surface area contributed by atoms with Crippen LogP contribution in [-0.4, -0.2) is 21.8 Å². The summed E-state index contributed by atoms with van der Waals surface area (Å²) in [6.07, 6.45) is 4.31. The van der Waals surface area contributed by atoms with Crippen LogP contribution in [0.1, 0.15) is 25.5 Å². The minimum Gasteiger partial charge on any atom is -0.394 e. The molecule has 0 spiro atoms. The van der Waals surface area contributed by atoms with Crippen molar-refractivity contribution >= 4 is 0 Å². The van der Waals surface area contributed by atoms with Gasteiger partial charge in [-0.25, -0.2) is 0 Å². The lowest BCUT2D eigenvalue weighted by atomic mass is 10.3. The molecule has 0 aliphatic heterocycles. The van der Waals surface area contributed by atoms with E-state index in [2.05, 4.69) is 35.1 Å². The largest absolute Gasteiger partial charge is 0.394 e. The van der Waals surface area contributed by atoms with E-state index in [0.717, 1.165) is 25.9 Å². The van der Waals surface area contributed by atoms with Crippen molar-refractivity contribution in [3.8, 4) is 0 Å². The van der Waals surface area contributed by atoms with Gasteiger partial charge in [0.2, 0.25) is 0 Å². The quantitative estimate of drug-likeness (QED) is 0.737. The average molecular weight is 194 g/mol. The van der Waals surface area contributed by atoms with Crippen molar-refractivity contribution in [1.29, 1.82) is 0 Å². The summed E-state index contributed by atoms with van der Waals surface area (Å²) in [5, 5.41) is 12.6. The van der Waals surface area contributed by atoms with Gasteiger partial charge in [-0.15, -0.1) is 0 Å². The Labute approximate surface area is 84.7 Å². The maximum Gasteiger partial charge on any atom is 0.0613 e. The van der Waals surface area contributed by atoms with Crippen LogP contribution in [0.5, 0.6) is 0 Å². The van der Waals surface area contributed by atoms with Crippen molar-refractivity contribution in [2.75, 3.05) is 6.61 Å². The van der Waals surface area contributed by atoms with Crippen molar-refractivity contribution < 1.29 is 5.11 Å². The van der Waals surface area contributed by atoms with E-state index < -0.39 is 0 Å². The van der Waals surface area contributed by atoms with E-state index in [-0.39, 0.29) is 12.1 Å². The first-order valence-corrected chi connectivity index (χ1v) is 5.29. The van der Waals surface area contributed by atoms with Crippen LogP contribution in [0, 0.1) is 0 Å². The van der Waals surface area contributed by atoms with Crippen LogP contribution in [0.15, 0.2) is 18.3 Å². The predicted octanol–water partition coefficient (Wildman–Crippen LogP) is 1.12. The molecule has 3 nitrogen and oxygen atoms in total. The van der Waals surface area contributed by atoms with Gasteiger partial charge in [-0.2, -0.15) is 0 Å². The molecule has 0 bridgehead atoms. The van der Waals surface area contributed by atoms with Gasteiger partial charge in [0.05, 0.1) is 6.61 Å². The molecule has 0 amide bonds. The highest BCUT2D eigenvalue weighted by molar-refractivity contribution is 5.09. The van der Waals surface area contributed by atoms with Crippen LogP contribution in [-0.2, 0) is 13.1 Å². The van der Waals surface area contributed by atoms with Crippen molar-refractivity contribution in [1.82, 2.24) is 9.88 Å². The highest BCUT2D eigenvalue weighted by Gasteiger charge is 2.41. The van der Waals surface area contributed by atoms with E-state index in [1.54, 1.807) is 0 Å². The molecule has 0 radical (unpaired) electrons. The van der Waals surface area contributed by atoms with Crippen molar-refractivity contribution in [3.63, 3.8) is 0 Å². The molecule has 0 unspecified atom stereocenters. The molecule has 1 heterocycles. The standard InChI is InChI=1S/C11H18N2O/c1-2-13-7-3-4-10(13)8-12-11(9-14)5-6-11/h3-4,7,12,14H,2,5-6,8-9H2,1H3. The van der Waals surface area contributed by atoms with Gasteiger partial charge in [-0.1, -0.05) is 0 Å². The number of nitrogens with one attached hydrogen (secondary N) is 1. The van der Waals surface area contributed by atoms with Crippen molar-refractivity contribution in [3.05, 3.63) is 24.0 Å². The van der Waals surface area contributed by atoms with Gasteiger partial charge in [-0.3, -0.25) is 0 Å². The van der Waals surface area contributed by atoms with Crippen LogP contribution >= 0.6 is 0 Å². The van der Waals surface area contributed by atoms with Crippen molar-refractivity contribution in [2.45, 2.75) is 38.4 Å². The number of aryl methyl sites for hydroxylation is 1. The number of hydrogen-bond acceptors (Lipinski definition) is 2. The van der Waals surface area contributed by atoms with E-state index >= 15 is 0 Å². The molecular formula is C11H18N2O. The predicted molar refractivity (Wildman–Crippen MR) is 56.0 cm³/mol. The van der Waals surface area contributed by atoms with Gasteiger partial charge in [0.15, 0.2) is 0 Å². The van der Waals surface area contributed by atoms with Crippen LogP contribution in [0.3, 0.4) is 0 Å². The Kier molecular flexibility index (Phi) is 2.61. The molecule has 1 aliphatic rings. The molecule has 2 rings (SSSR count). The Balaban J connectivity index is 1.91. The zero-order valence-electron chi connectivity index (χ0n) is 8.66. The molecule has 14 heavy (non-hydrogen) atoms. The van der Waals surface area contributed by atoms with E-state index in [1.807, 2.05) is 0 Å². The van der Waals surface area contributed by atoms with Crippen molar-refractivity contribution in [2.24, 2.45) is 0 Å². The van der Waals surface area contributed by atoms with Crippen LogP contribution in [0.25, 0.3) is 0 Å². The number of rotatable bonds is 5. The molecule has 78 valence electrons. The summed E-state index contributed by atoms with van der Waals surface area (Å²) in [6, 6.07) is 4.20. The lowest BCUT2D eigenvalue weighted by molar-refractivity contribution is 0.229. The second kappa shape index (κ2) is 3.75. The second-order valence-corrected chi connectivity index (χ2v) is 4.08. The van der Waals surface area contributed by atoms with Gasteiger partial charge >= 0.3 is 0 Å². The number of aliphatic hydroxyl groups excluding tert-OH is 1. The van der Waals surface area contributed by atoms with E-state index in [0.29, 0.717) is 0 Å². The zero-order chi connectivity index (χ0) is 10.0. The fraction of sp³-hybridized carbons (Fsp3) is 0.636. The molecule has 1 aromatic heterocycles. The van der Waals surface area contributed by atoms with Gasteiger partial charge in [-0.05, 0) is 31.9 Å². The lowest BCUT2D eigenvalue weighted by Gasteiger charge is -2.15. The first-order chi connectivity index (χ1) is 6.79. The van der Waals surface area contributed by atoms with Crippen LogP contribution < -0.4 is 5.32 Å². The van der Waals surface area contributed by atoms with Crippen LogP contribution in [0.4, 0.5) is 0 Å². The fourth-order valence-electron chi connectivity index (χ4n) is 1.74. The van der Waals surface area contributed by atoms with E-state index in [9.17, 15) is 0 Å². The number of nitrogens with zero attached hydrogens (tertiary/aromatic N) is 1. The maximum absolute atomic E-state index is 9.14. The normalized spacial score (nSPS) is 18.4. The SMILES string of the molecule is CCn1cccc1CNC1(CO)CC1. The minimum atomic E-state index is 0.0445. The molecule has 1 saturated carbocycles. The molecule has 2 N–H and O–H groups in total. The Morgan fingerprint density at radius 3 is 2.93 bits per heavy atom. The van der Waals surface area contributed by atoms with Gasteiger partial charge in [0.25, 0.3) is 0 Å². The maximum atomic E-state index is 9.14. The first-order valence-electron chi connectivity index (χ1n) is 5.29. The third-order valence-electron chi connectivity index (χ3n) is 3.06. The van der Waals surface area contributed by atoms with Gasteiger partial charge < -0.3 is 15.0 Å². The minimum absolute atomic E-state index is 0.0445. The smallest absolute Gasteiger partial charge is 0.0613 e. The Hall–Kier alpha value is -0.800. The summed E-state index contributed by atoms with van der Waals surface area (Å²) in [5.41, 5.74) is 1.34. The molecule has 0 atom stereocenters. The monoisotopic (exact) mass is 194 g/mol. The first kappa shape index (κ1) is 9.74. The number of hydrogen-bond donors (Lipinski definition) is 2. The van der Waals surface area contributed by atoms with Gasteiger partial charge in [0, 0.05) is 30.5 Å². The molecule has 1 aromatic rings. The molecule has 3 heteroatoms. The Bertz CT molecular complexity index is 302. The third-order valence-corrected chi connectivity index (χ3v) is 3.06. The lowest BCUT2D eigenvalue weighted by Crippen LogP contribution is -2.34. The summed E-state index contributed by atoms with van der Waals surface area (Å²) in [6.45, 7) is 4.28. The molecule has 1 fully saturated rings. The fourth-order valence-corrected chi connectivity index (χ4v) is 1.74. The number of aliphatic hydroxyl groups is 1. The Morgan fingerprint density at radius 2 is 2.36 bits per heavy atom. The summed E-state index contributed by atoms with van der Waals surface area (Å²) in [5.74, 6) is 0. The summed E-state index contributed by atoms with van der Waals surface area (Å²) in [7, 11) is 0. The molecule has 0 aromatic carbocycles. The zero-order valence-corrected chi connectivity index (χ0v) is 8.66. The number of aromatic nitrogens is 1. The van der Waals surface area contributed by atoms with Gasteiger partial charge in [0.1, 0.15) is 0 Å². The average Bonchev–Trinajstić information content (AvgIpc) is 2.86. The molecule has 0 saturated heterocycles. The summed E-state index contributed by atoms with van der Waals surface area (Å²) < 4.78 is 2.22. The van der Waals surface area contributed by atoms with E-state index in [4.69, 9.17) is 5.11 Å². The van der Waals surface area contributed by atoms with Crippen LogP contribution in [0.2, 0.25) is 0 Å².